The Bertz CT molecular complexity index is 1080. The minimum atomic E-state index is -3.99. The molecule has 0 saturated heterocycles. The molecule has 140 valence electrons. The summed E-state index contributed by atoms with van der Waals surface area (Å²) >= 11 is 0. The van der Waals surface area contributed by atoms with Crippen molar-refractivity contribution in [1.82, 2.24) is 14.3 Å². The molecule has 2 aromatic carbocycles. The minimum Gasteiger partial charge on any atom is -0.478 e. The first kappa shape index (κ1) is 18.8. The molecule has 1 heterocycles. The van der Waals surface area contributed by atoms with Crippen molar-refractivity contribution in [2.45, 2.75) is 17.9 Å². The Morgan fingerprint density at radius 2 is 1.89 bits per heavy atom. The number of nitrogens with one attached hydrogen (secondary N) is 1. The normalized spacial score (nSPS) is 12.7. The van der Waals surface area contributed by atoms with Gasteiger partial charge in [-0.1, -0.05) is 36.4 Å². The van der Waals surface area contributed by atoms with Gasteiger partial charge in [-0.3, -0.25) is 0 Å². The highest BCUT2D eigenvalue weighted by Crippen LogP contribution is 2.24. The molecule has 1 aromatic heterocycles. The molecule has 7 nitrogen and oxygen atoms in total. The summed E-state index contributed by atoms with van der Waals surface area (Å²) in [7, 11) is -2.21. The molecule has 0 spiro atoms. The van der Waals surface area contributed by atoms with Crippen LogP contribution in [0.4, 0.5) is 0 Å². The topological polar surface area (TPSA) is 101 Å². The van der Waals surface area contributed by atoms with E-state index in [0.717, 1.165) is 5.56 Å². The van der Waals surface area contributed by atoms with E-state index in [0.29, 0.717) is 11.4 Å². The first-order valence-electron chi connectivity index (χ1n) is 8.18. The molecule has 2 N–H and O–H groups in total. The number of aromatic nitrogens is 2. The summed E-state index contributed by atoms with van der Waals surface area (Å²) in [4.78, 5) is 15.5. The van der Waals surface area contributed by atoms with Crippen molar-refractivity contribution in [1.29, 1.82) is 0 Å². The van der Waals surface area contributed by atoms with Gasteiger partial charge in [0.25, 0.3) is 0 Å². The Balaban J connectivity index is 2.04. The van der Waals surface area contributed by atoms with Crippen LogP contribution < -0.4 is 4.72 Å². The summed E-state index contributed by atoms with van der Waals surface area (Å²) in [5.41, 5.74) is 1.16. The van der Waals surface area contributed by atoms with Gasteiger partial charge in [0.2, 0.25) is 10.0 Å². The van der Waals surface area contributed by atoms with Crippen LogP contribution in [-0.4, -0.2) is 29.0 Å². The van der Waals surface area contributed by atoms with Crippen LogP contribution in [0.15, 0.2) is 65.8 Å². The molecule has 3 rings (SSSR count). The summed E-state index contributed by atoms with van der Waals surface area (Å²) in [6.07, 6.45) is 3.32. The Hall–Kier alpha value is -2.97. The first-order valence-corrected chi connectivity index (χ1v) is 9.66. The molecule has 0 amide bonds. The number of hydrogen-bond acceptors (Lipinski definition) is 4. The average Bonchev–Trinajstić information content (AvgIpc) is 3.06. The number of carbonyl (C=O) groups is 1. The molecular weight excluding hydrogens is 366 g/mol. The number of aromatic carboxylic acids is 1. The lowest BCUT2D eigenvalue weighted by atomic mass is 10.1. The lowest BCUT2D eigenvalue weighted by molar-refractivity contribution is 0.0696. The highest BCUT2D eigenvalue weighted by molar-refractivity contribution is 7.89. The van der Waals surface area contributed by atoms with Crippen LogP contribution in [0.25, 0.3) is 0 Å². The Labute approximate surface area is 157 Å². The van der Waals surface area contributed by atoms with Gasteiger partial charge in [-0.25, -0.2) is 18.2 Å². The number of sulfonamides is 1. The van der Waals surface area contributed by atoms with Gasteiger partial charge in [0.05, 0.1) is 10.5 Å². The Kier molecular flexibility index (Phi) is 5.11. The van der Waals surface area contributed by atoms with Gasteiger partial charge in [-0.15, -0.1) is 0 Å². The maximum absolute atomic E-state index is 13.0. The smallest absolute Gasteiger partial charge is 0.335 e. The number of carboxylic acids is 1. The molecule has 0 fully saturated rings. The van der Waals surface area contributed by atoms with E-state index in [4.69, 9.17) is 0 Å². The number of carboxylic acid groups (broad SMARTS) is 1. The van der Waals surface area contributed by atoms with Crippen LogP contribution in [0.1, 0.15) is 33.4 Å². The molecule has 8 heteroatoms. The zero-order chi connectivity index (χ0) is 19.6. The van der Waals surface area contributed by atoms with Crippen molar-refractivity contribution in [2.24, 2.45) is 7.05 Å². The molecule has 1 atom stereocenters. The highest BCUT2D eigenvalue weighted by atomic mass is 32.2. The van der Waals surface area contributed by atoms with Crippen molar-refractivity contribution in [3.63, 3.8) is 0 Å². The molecule has 0 saturated carbocycles. The van der Waals surface area contributed by atoms with Crippen molar-refractivity contribution in [2.75, 3.05) is 0 Å². The second kappa shape index (κ2) is 7.34. The van der Waals surface area contributed by atoms with Crippen LogP contribution in [0.5, 0.6) is 0 Å². The van der Waals surface area contributed by atoms with Gasteiger partial charge in [-0.05, 0) is 30.2 Å². The number of hydrogen-bond donors (Lipinski definition) is 2. The number of nitrogens with zero attached hydrogens (tertiary/aromatic N) is 2. The lowest BCUT2D eigenvalue weighted by Gasteiger charge is -2.19. The molecule has 0 aliphatic carbocycles. The van der Waals surface area contributed by atoms with Gasteiger partial charge in [-0.2, -0.15) is 4.72 Å². The average molecular weight is 385 g/mol. The number of aryl methyl sites for hydroxylation is 2. The molecule has 0 aliphatic rings. The number of benzene rings is 2. The largest absolute Gasteiger partial charge is 0.478 e. The molecule has 3 aromatic rings. The molecular formula is C19H19N3O4S. The maximum atomic E-state index is 13.0. The predicted molar refractivity (Wildman–Crippen MR) is 100.0 cm³/mol. The number of imidazole rings is 1. The van der Waals surface area contributed by atoms with E-state index >= 15 is 0 Å². The summed E-state index contributed by atoms with van der Waals surface area (Å²) < 4.78 is 30.3. The summed E-state index contributed by atoms with van der Waals surface area (Å²) in [6.45, 7) is 1.62. The Morgan fingerprint density at radius 1 is 1.19 bits per heavy atom. The maximum Gasteiger partial charge on any atom is 0.335 e. The summed E-state index contributed by atoms with van der Waals surface area (Å²) in [5.74, 6) is -0.649. The second-order valence-corrected chi connectivity index (χ2v) is 7.86. The van der Waals surface area contributed by atoms with Crippen molar-refractivity contribution >= 4 is 16.0 Å². The van der Waals surface area contributed by atoms with Crippen LogP contribution in [-0.2, 0) is 17.1 Å². The zero-order valence-electron chi connectivity index (χ0n) is 14.8. The van der Waals surface area contributed by atoms with Gasteiger partial charge in [0.1, 0.15) is 11.9 Å². The molecule has 1 unspecified atom stereocenters. The molecule has 27 heavy (non-hydrogen) atoms. The fourth-order valence-electron chi connectivity index (χ4n) is 2.79. The third kappa shape index (κ3) is 3.91. The van der Waals surface area contributed by atoms with Gasteiger partial charge >= 0.3 is 5.97 Å². The van der Waals surface area contributed by atoms with E-state index in [1.807, 2.05) is 18.2 Å². The van der Waals surface area contributed by atoms with Crippen LogP contribution in [0.2, 0.25) is 0 Å². The summed E-state index contributed by atoms with van der Waals surface area (Å²) in [6, 6.07) is 12.4. The van der Waals surface area contributed by atoms with E-state index in [1.54, 1.807) is 43.1 Å². The standard InChI is InChI=1S/C19H19N3O4S/c1-13-8-9-15(12-16(13)19(23)24)27(25,26)21-17(14-6-4-3-5-7-14)18-20-10-11-22(18)2/h3-12,17,21H,1-2H3,(H,23,24). The Morgan fingerprint density at radius 3 is 2.48 bits per heavy atom. The van der Waals surface area contributed by atoms with Crippen LogP contribution >= 0.6 is 0 Å². The third-order valence-electron chi connectivity index (χ3n) is 4.27. The monoisotopic (exact) mass is 385 g/mol. The van der Waals surface area contributed by atoms with Gasteiger partial charge in [0, 0.05) is 19.4 Å². The van der Waals surface area contributed by atoms with E-state index < -0.39 is 22.0 Å². The molecule has 0 bridgehead atoms. The fourth-order valence-corrected chi connectivity index (χ4v) is 4.00. The van der Waals surface area contributed by atoms with Crippen molar-refractivity contribution in [3.8, 4) is 0 Å². The van der Waals surface area contributed by atoms with Gasteiger partial charge < -0.3 is 9.67 Å². The van der Waals surface area contributed by atoms with Crippen molar-refractivity contribution in [3.05, 3.63) is 83.4 Å². The first-order chi connectivity index (χ1) is 12.8. The summed E-state index contributed by atoms with van der Waals surface area (Å²) in [5, 5.41) is 9.27. The van der Waals surface area contributed by atoms with Gasteiger partial charge in [0.15, 0.2) is 0 Å². The number of rotatable bonds is 6. The zero-order valence-corrected chi connectivity index (χ0v) is 15.6. The van der Waals surface area contributed by atoms with Crippen LogP contribution in [0, 0.1) is 6.92 Å². The quantitative estimate of drug-likeness (QED) is 0.679. The lowest BCUT2D eigenvalue weighted by Crippen LogP contribution is -2.31. The molecule has 0 aliphatic heterocycles. The van der Waals surface area contributed by atoms with E-state index in [-0.39, 0.29) is 10.5 Å². The molecule has 0 radical (unpaired) electrons. The van der Waals surface area contributed by atoms with Crippen LogP contribution in [0.3, 0.4) is 0 Å². The fraction of sp³-hybridized carbons (Fsp3) is 0.158. The second-order valence-electron chi connectivity index (χ2n) is 6.14. The third-order valence-corrected chi connectivity index (χ3v) is 5.69. The predicted octanol–water partition coefficient (Wildman–Crippen LogP) is 2.49. The van der Waals surface area contributed by atoms with E-state index in [1.165, 1.54) is 18.2 Å². The highest BCUT2D eigenvalue weighted by Gasteiger charge is 2.26. The van der Waals surface area contributed by atoms with Crippen molar-refractivity contribution < 1.29 is 18.3 Å². The van der Waals surface area contributed by atoms with E-state index in [2.05, 4.69) is 9.71 Å². The van der Waals surface area contributed by atoms with E-state index in [9.17, 15) is 18.3 Å². The minimum absolute atomic E-state index is 0.0499. The SMILES string of the molecule is Cc1ccc(S(=O)(=O)NC(c2ccccc2)c2nccn2C)cc1C(=O)O.